The molecule has 0 amide bonds. The molecule has 0 aromatic carbocycles. The van der Waals surface area contributed by atoms with E-state index < -0.39 is 0 Å². The van der Waals surface area contributed by atoms with E-state index in [-0.39, 0.29) is 0 Å². The Balaban J connectivity index is 3.66. The quantitative estimate of drug-likeness (QED) is 0.0936. The maximum absolute atomic E-state index is 2.81. The fraction of sp³-hybridized carbons (Fsp3) is 1.00. The summed E-state index contributed by atoms with van der Waals surface area (Å²) >= 11 is 0. The third-order valence-corrected chi connectivity index (χ3v) is 7.84. The SMILES string of the molecule is CCCCCCCCCCCCCCCCCCN(CCCCCC(C)C)CCCCCC(C)C. The van der Waals surface area contributed by atoms with Gasteiger partial charge in [0.1, 0.15) is 0 Å². The summed E-state index contributed by atoms with van der Waals surface area (Å²) in [6, 6.07) is 0. The molecule has 1 heteroatoms. The molecule has 0 unspecified atom stereocenters. The summed E-state index contributed by atoms with van der Waals surface area (Å²) in [6.45, 7) is 15.8. The van der Waals surface area contributed by atoms with Gasteiger partial charge >= 0.3 is 0 Å². The molecule has 0 spiro atoms. The van der Waals surface area contributed by atoms with E-state index in [1.807, 2.05) is 0 Å². The van der Waals surface area contributed by atoms with Gasteiger partial charge < -0.3 is 4.90 Å². The van der Waals surface area contributed by atoms with Crippen LogP contribution in [0.15, 0.2) is 0 Å². The molecule has 0 aliphatic rings. The summed E-state index contributed by atoms with van der Waals surface area (Å²) in [6.07, 6.45) is 34.8. The molecule has 0 bridgehead atoms. The zero-order valence-electron chi connectivity index (χ0n) is 25.7. The second-order valence-electron chi connectivity index (χ2n) is 12.6. The average molecular weight is 494 g/mol. The van der Waals surface area contributed by atoms with Crippen LogP contribution >= 0.6 is 0 Å². The smallest absolute Gasteiger partial charge is 0.00187 e. The second-order valence-corrected chi connectivity index (χ2v) is 12.6. The molecule has 0 rings (SSSR count). The van der Waals surface area contributed by atoms with Crippen molar-refractivity contribution in [3.05, 3.63) is 0 Å². The van der Waals surface area contributed by atoms with E-state index in [4.69, 9.17) is 0 Å². The number of rotatable bonds is 29. The third kappa shape index (κ3) is 30.1. The van der Waals surface area contributed by atoms with Gasteiger partial charge in [0.05, 0.1) is 0 Å². The molecule has 0 saturated carbocycles. The van der Waals surface area contributed by atoms with Crippen LogP contribution in [0.1, 0.15) is 189 Å². The topological polar surface area (TPSA) is 3.24 Å². The van der Waals surface area contributed by atoms with Crippen molar-refractivity contribution >= 4 is 0 Å². The Labute approximate surface area is 225 Å². The molecule has 0 radical (unpaired) electrons. The fourth-order valence-electron chi connectivity index (χ4n) is 5.35. The highest BCUT2D eigenvalue weighted by Crippen LogP contribution is 2.15. The monoisotopic (exact) mass is 494 g/mol. The minimum absolute atomic E-state index is 0.872. The lowest BCUT2D eigenvalue weighted by molar-refractivity contribution is 0.253. The molecule has 0 saturated heterocycles. The van der Waals surface area contributed by atoms with Crippen LogP contribution in [0.2, 0.25) is 0 Å². The molecule has 212 valence electrons. The van der Waals surface area contributed by atoms with Gasteiger partial charge in [-0.25, -0.2) is 0 Å². The van der Waals surface area contributed by atoms with Gasteiger partial charge in [-0.1, -0.05) is 169 Å². The Hall–Kier alpha value is -0.0400. The van der Waals surface area contributed by atoms with Crippen LogP contribution in [-0.2, 0) is 0 Å². The molecule has 35 heavy (non-hydrogen) atoms. The van der Waals surface area contributed by atoms with Gasteiger partial charge in [0.25, 0.3) is 0 Å². The van der Waals surface area contributed by atoms with E-state index in [1.165, 1.54) is 174 Å². The van der Waals surface area contributed by atoms with Crippen LogP contribution in [-0.4, -0.2) is 24.5 Å². The maximum atomic E-state index is 2.81. The fourth-order valence-corrected chi connectivity index (χ4v) is 5.35. The van der Waals surface area contributed by atoms with Crippen molar-refractivity contribution in [1.29, 1.82) is 0 Å². The lowest BCUT2D eigenvalue weighted by Gasteiger charge is -2.22. The maximum Gasteiger partial charge on any atom is -0.00187 e. The number of hydrogen-bond donors (Lipinski definition) is 0. The van der Waals surface area contributed by atoms with E-state index in [2.05, 4.69) is 39.5 Å². The Morgan fingerprint density at radius 1 is 0.343 bits per heavy atom. The van der Waals surface area contributed by atoms with Crippen molar-refractivity contribution in [2.75, 3.05) is 19.6 Å². The minimum atomic E-state index is 0.872. The Morgan fingerprint density at radius 3 is 0.886 bits per heavy atom. The van der Waals surface area contributed by atoms with Gasteiger partial charge in [-0.15, -0.1) is 0 Å². The molecule has 1 nitrogen and oxygen atoms in total. The van der Waals surface area contributed by atoms with E-state index in [0.717, 1.165) is 11.8 Å². The summed E-state index contributed by atoms with van der Waals surface area (Å²) in [5.41, 5.74) is 0. The average Bonchev–Trinajstić information content (AvgIpc) is 2.82. The van der Waals surface area contributed by atoms with Crippen molar-refractivity contribution in [2.24, 2.45) is 11.8 Å². The number of unbranched alkanes of at least 4 members (excludes halogenated alkanes) is 19. The molecule has 0 atom stereocenters. The van der Waals surface area contributed by atoms with Gasteiger partial charge in [0, 0.05) is 0 Å². The van der Waals surface area contributed by atoms with Gasteiger partial charge in [0.15, 0.2) is 0 Å². The van der Waals surface area contributed by atoms with Crippen LogP contribution < -0.4 is 0 Å². The lowest BCUT2D eigenvalue weighted by atomic mass is 10.0. The summed E-state index contributed by atoms with van der Waals surface area (Å²) in [5, 5.41) is 0. The molecule has 0 heterocycles. The molecule has 0 N–H and O–H groups in total. The van der Waals surface area contributed by atoms with Crippen molar-refractivity contribution in [1.82, 2.24) is 4.90 Å². The van der Waals surface area contributed by atoms with Gasteiger partial charge in [-0.2, -0.15) is 0 Å². The van der Waals surface area contributed by atoms with Crippen molar-refractivity contribution < 1.29 is 0 Å². The normalized spacial score (nSPS) is 12.0. The van der Waals surface area contributed by atoms with E-state index >= 15 is 0 Å². The first kappa shape index (κ1) is 35.0. The molecular formula is C34H71N. The summed E-state index contributed by atoms with van der Waals surface area (Å²) in [4.78, 5) is 2.81. The summed E-state index contributed by atoms with van der Waals surface area (Å²) in [7, 11) is 0. The van der Waals surface area contributed by atoms with E-state index in [1.54, 1.807) is 0 Å². The van der Waals surface area contributed by atoms with Crippen LogP contribution in [0.4, 0.5) is 0 Å². The number of hydrogen-bond acceptors (Lipinski definition) is 1. The third-order valence-electron chi connectivity index (χ3n) is 7.84. The highest BCUT2D eigenvalue weighted by Gasteiger charge is 2.06. The van der Waals surface area contributed by atoms with Crippen LogP contribution in [0, 0.1) is 11.8 Å². The minimum Gasteiger partial charge on any atom is -0.303 e. The number of nitrogens with zero attached hydrogens (tertiary/aromatic N) is 1. The van der Waals surface area contributed by atoms with Gasteiger partial charge in [-0.3, -0.25) is 0 Å². The van der Waals surface area contributed by atoms with Crippen LogP contribution in [0.25, 0.3) is 0 Å². The van der Waals surface area contributed by atoms with Gasteiger partial charge in [-0.05, 0) is 50.7 Å². The highest BCUT2D eigenvalue weighted by atomic mass is 15.1. The van der Waals surface area contributed by atoms with Crippen molar-refractivity contribution in [2.45, 2.75) is 189 Å². The zero-order valence-corrected chi connectivity index (χ0v) is 25.7. The first-order chi connectivity index (χ1) is 17.1. The van der Waals surface area contributed by atoms with Crippen molar-refractivity contribution in [3.8, 4) is 0 Å². The summed E-state index contributed by atoms with van der Waals surface area (Å²) in [5.74, 6) is 1.74. The standard InChI is InChI=1S/C34H71N/c1-6-7-8-9-10-11-12-13-14-15-16-17-18-19-20-25-30-35(31-26-21-23-28-33(2)3)32-27-22-24-29-34(4)5/h33-34H,6-32H2,1-5H3. The first-order valence-electron chi connectivity index (χ1n) is 16.8. The Kier molecular flexibility index (Phi) is 28.5. The van der Waals surface area contributed by atoms with Gasteiger partial charge in [0.2, 0.25) is 0 Å². The molecular weight excluding hydrogens is 422 g/mol. The highest BCUT2D eigenvalue weighted by molar-refractivity contribution is 4.61. The molecule has 0 aliphatic heterocycles. The predicted molar refractivity (Wildman–Crippen MR) is 163 cm³/mol. The largest absolute Gasteiger partial charge is 0.303 e. The Bertz CT molecular complexity index is 357. The van der Waals surface area contributed by atoms with Crippen molar-refractivity contribution in [3.63, 3.8) is 0 Å². The van der Waals surface area contributed by atoms with Crippen LogP contribution in [0.5, 0.6) is 0 Å². The van der Waals surface area contributed by atoms with E-state index in [0.29, 0.717) is 0 Å². The second kappa shape index (κ2) is 28.5. The summed E-state index contributed by atoms with van der Waals surface area (Å²) < 4.78 is 0. The molecule has 0 aromatic rings. The first-order valence-corrected chi connectivity index (χ1v) is 16.8. The Morgan fingerprint density at radius 2 is 0.600 bits per heavy atom. The molecule has 0 aromatic heterocycles. The zero-order chi connectivity index (χ0) is 25.8. The predicted octanol–water partition coefficient (Wildman–Crippen LogP) is 12.0. The van der Waals surface area contributed by atoms with E-state index in [9.17, 15) is 0 Å². The lowest BCUT2D eigenvalue weighted by Crippen LogP contribution is -2.27. The molecule has 0 aliphatic carbocycles. The van der Waals surface area contributed by atoms with Crippen LogP contribution in [0.3, 0.4) is 0 Å². The molecule has 0 fully saturated rings.